The highest BCUT2D eigenvalue weighted by molar-refractivity contribution is 7.18. The lowest BCUT2D eigenvalue weighted by atomic mass is 10.3. The van der Waals surface area contributed by atoms with Crippen LogP contribution in [0, 0.1) is 6.92 Å². The van der Waals surface area contributed by atoms with Crippen LogP contribution in [-0.2, 0) is 4.74 Å². The number of ether oxygens (including phenoxy) is 2. The van der Waals surface area contributed by atoms with Crippen molar-refractivity contribution in [1.82, 2.24) is 9.97 Å². The molecular formula is C11H13ClN2O2S. The van der Waals surface area contributed by atoms with Crippen LogP contribution in [-0.4, -0.2) is 29.8 Å². The van der Waals surface area contributed by atoms with E-state index in [9.17, 15) is 0 Å². The SMILES string of the molecule is COCC(C)Oc1nc(Cl)nc2sc(C)cc12. The molecule has 1 atom stereocenters. The largest absolute Gasteiger partial charge is 0.472 e. The van der Waals surface area contributed by atoms with E-state index in [0.29, 0.717) is 12.5 Å². The quantitative estimate of drug-likeness (QED) is 0.803. The van der Waals surface area contributed by atoms with E-state index in [-0.39, 0.29) is 11.4 Å². The zero-order valence-electron chi connectivity index (χ0n) is 9.86. The summed E-state index contributed by atoms with van der Waals surface area (Å²) in [6, 6.07) is 2.01. The van der Waals surface area contributed by atoms with Crippen molar-refractivity contribution >= 4 is 33.2 Å². The van der Waals surface area contributed by atoms with Crippen LogP contribution >= 0.6 is 22.9 Å². The van der Waals surface area contributed by atoms with Crippen molar-refractivity contribution in [2.45, 2.75) is 20.0 Å². The molecule has 0 spiro atoms. The van der Waals surface area contributed by atoms with Crippen LogP contribution in [0.4, 0.5) is 0 Å². The van der Waals surface area contributed by atoms with Crippen molar-refractivity contribution in [2.24, 2.45) is 0 Å². The molecule has 0 N–H and O–H groups in total. The summed E-state index contributed by atoms with van der Waals surface area (Å²) in [5.41, 5.74) is 0. The zero-order valence-corrected chi connectivity index (χ0v) is 11.4. The summed E-state index contributed by atoms with van der Waals surface area (Å²) >= 11 is 7.44. The van der Waals surface area contributed by atoms with Crippen molar-refractivity contribution in [3.8, 4) is 5.88 Å². The molecule has 0 saturated carbocycles. The Labute approximate surface area is 109 Å². The Bertz CT molecular complexity index is 529. The molecule has 2 aromatic rings. The van der Waals surface area contributed by atoms with Gasteiger partial charge in [0, 0.05) is 12.0 Å². The normalized spacial score (nSPS) is 12.9. The van der Waals surface area contributed by atoms with Crippen LogP contribution in [0.15, 0.2) is 6.07 Å². The van der Waals surface area contributed by atoms with Gasteiger partial charge in [0.2, 0.25) is 11.2 Å². The second kappa shape index (κ2) is 5.16. The highest BCUT2D eigenvalue weighted by Crippen LogP contribution is 2.31. The van der Waals surface area contributed by atoms with Gasteiger partial charge in [-0.3, -0.25) is 0 Å². The van der Waals surface area contributed by atoms with Crippen LogP contribution in [0.5, 0.6) is 5.88 Å². The third-order valence-electron chi connectivity index (χ3n) is 2.17. The Morgan fingerprint density at radius 3 is 2.94 bits per heavy atom. The first-order valence-electron chi connectivity index (χ1n) is 5.19. The first-order chi connectivity index (χ1) is 8.10. The van der Waals surface area contributed by atoms with Gasteiger partial charge in [-0.1, -0.05) is 0 Å². The van der Waals surface area contributed by atoms with E-state index in [0.717, 1.165) is 15.1 Å². The summed E-state index contributed by atoms with van der Waals surface area (Å²) in [6.45, 7) is 4.44. The molecule has 0 aromatic carbocycles. The Morgan fingerprint density at radius 1 is 1.47 bits per heavy atom. The highest BCUT2D eigenvalue weighted by atomic mass is 35.5. The highest BCUT2D eigenvalue weighted by Gasteiger charge is 2.13. The monoisotopic (exact) mass is 272 g/mol. The fourth-order valence-electron chi connectivity index (χ4n) is 1.54. The van der Waals surface area contributed by atoms with Gasteiger partial charge < -0.3 is 9.47 Å². The average Bonchev–Trinajstić information content (AvgIpc) is 2.58. The predicted molar refractivity (Wildman–Crippen MR) is 69.1 cm³/mol. The number of nitrogens with zero attached hydrogens (tertiary/aromatic N) is 2. The van der Waals surface area contributed by atoms with Crippen LogP contribution in [0.2, 0.25) is 5.28 Å². The molecule has 0 aliphatic heterocycles. The molecule has 17 heavy (non-hydrogen) atoms. The molecule has 1 unspecified atom stereocenters. The topological polar surface area (TPSA) is 44.2 Å². The molecule has 4 nitrogen and oxygen atoms in total. The lowest BCUT2D eigenvalue weighted by Crippen LogP contribution is -2.18. The third-order valence-corrected chi connectivity index (χ3v) is 3.28. The second-order valence-corrected chi connectivity index (χ2v) is 5.33. The van der Waals surface area contributed by atoms with Gasteiger partial charge in [0.05, 0.1) is 12.0 Å². The van der Waals surface area contributed by atoms with Gasteiger partial charge in [-0.25, -0.2) is 4.98 Å². The molecule has 0 saturated heterocycles. The number of aromatic nitrogens is 2. The molecule has 0 amide bonds. The number of methoxy groups -OCH3 is 1. The molecule has 2 rings (SSSR count). The van der Waals surface area contributed by atoms with Crippen LogP contribution in [0.1, 0.15) is 11.8 Å². The van der Waals surface area contributed by atoms with E-state index < -0.39 is 0 Å². The van der Waals surface area contributed by atoms with Gasteiger partial charge >= 0.3 is 0 Å². The maximum absolute atomic E-state index is 5.87. The fraction of sp³-hybridized carbons (Fsp3) is 0.455. The lowest BCUT2D eigenvalue weighted by Gasteiger charge is -2.13. The molecular weight excluding hydrogens is 260 g/mol. The smallest absolute Gasteiger partial charge is 0.227 e. The Morgan fingerprint density at radius 2 is 2.24 bits per heavy atom. The van der Waals surface area contributed by atoms with E-state index in [4.69, 9.17) is 21.1 Å². The van der Waals surface area contributed by atoms with Gasteiger partial charge in [-0.2, -0.15) is 4.98 Å². The van der Waals surface area contributed by atoms with E-state index in [2.05, 4.69) is 9.97 Å². The van der Waals surface area contributed by atoms with Gasteiger partial charge in [-0.05, 0) is 31.5 Å². The van der Waals surface area contributed by atoms with E-state index >= 15 is 0 Å². The van der Waals surface area contributed by atoms with E-state index in [1.54, 1.807) is 18.4 Å². The number of thiophene rings is 1. The molecule has 0 radical (unpaired) electrons. The summed E-state index contributed by atoms with van der Waals surface area (Å²) in [6.07, 6.45) is -0.0747. The second-order valence-electron chi connectivity index (χ2n) is 3.76. The summed E-state index contributed by atoms with van der Waals surface area (Å²) in [4.78, 5) is 10.3. The molecule has 92 valence electrons. The molecule has 2 heterocycles. The molecule has 0 bridgehead atoms. The molecule has 2 aromatic heterocycles. The van der Waals surface area contributed by atoms with E-state index in [1.165, 1.54) is 0 Å². The number of aryl methyl sites for hydroxylation is 1. The van der Waals surface area contributed by atoms with Crippen molar-refractivity contribution in [3.05, 3.63) is 16.2 Å². The van der Waals surface area contributed by atoms with Crippen molar-refractivity contribution in [1.29, 1.82) is 0 Å². The first kappa shape index (κ1) is 12.5. The van der Waals surface area contributed by atoms with Gasteiger partial charge in [0.1, 0.15) is 10.9 Å². The standard InChI is InChI=1S/C11H13ClN2O2S/c1-6(5-15-3)16-9-8-4-7(2)17-10(8)14-11(12)13-9/h4,6H,5H2,1-3H3. The number of halogens is 1. The Balaban J connectivity index is 2.37. The van der Waals surface area contributed by atoms with Gasteiger partial charge in [-0.15, -0.1) is 11.3 Å². The summed E-state index contributed by atoms with van der Waals surface area (Å²) in [7, 11) is 1.64. The average molecular weight is 273 g/mol. The minimum atomic E-state index is -0.0747. The van der Waals surface area contributed by atoms with Crippen LogP contribution in [0.3, 0.4) is 0 Å². The molecule has 0 aliphatic carbocycles. The minimum Gasteiger partial charge on any atom is -0.472 e. The zero-order chi connectivity index (χ0) is 12.4. The van der Waals surface area contributed by atoms with E-state index in [1.807, 2.05) is 19.9 Å². The number of hydrogen-bond acceptors (Lipinski definition) is 5. The van der Waals surface area contributed by atoms with Crippen molar-refractivity contribution in [3.63, 3.8) is 0 Å². The maximum Gasteiger partial charge on any atom is 0.227 e. The Hall–Kier alpha value is -0.910. The van der Waals surface area contributed by atoms with Crippen molar-refractivity contribution < 1.29 is 9.47 Å². The third kappa shape index (κ3) is 2.86. The number of hydrogen-bond donors (Lipinski definition) is 0. The summed E-state index contributed by atoms with van der Waals surface area (Å²) < 4.78 is 10.7. The molecule has 6 heteroatoms. The summed E-state index contributed by atoms with van der Waals surface area (Å²) in [5, 5.41) is 1.11. The fourth-order valence-corrected chi connectivity index (χ4v) is 2.62. The van der Waals surface area contributed by atoms with Gasteiger partial charge in [0.15, 0.2) is 0 Å². The first-order valence-corrected chi connectivity index (χ1v) is 6.39. The lowest BCUT2D eigenvalue weighted by molar-refractivity contribution is 0.0901. The minimum absolute atomic E-state index is 0.0747. The summed E-state index contributed by atoms with van der Waals surface area (Å²) in [5.74, 6) is 0.522. The maximum atomic E-state index is 5.87. The van der Waals surface area contributed by atoms with Gasteiger partial charge in [0.25, 0.3) is 0 Å². The van der Waals surface area contributed by atoms with Crippen molar-refractivity contribution in [2.75, 3.05) is 13.7 Å². The predicted octanol–water partition coefficient (Wildman–Crippen LogP) is 3.07. The number of rotatable bonds is 4. The molecule has 0 fully saturated rings. The van der Waals surface area contributed by atoms with Crippen LogP contribution in [0.25, 0.3) is 10.2 Å². The molecule has 0 aliphatic rings. The number of fused-ring (bicyclic) bond motifs is 1. The van der Waals surface area contributed by atoms with Crippen LogP contribution < -0.4 is 4.74 Å². The Kier molecular flexibility index (Phi) is 3.81.